The van der Waals surface area contributed by atoms with Crippen LogP contribution in [0.1, 0.15) is 41.3 Å². The molecule has 2 aliphatic heterocycles. The van der Waals surface area contributed by atoms with Gasteiger partial charge in [-0.15, -0.1) is 0 Å². The molecular weight excluding hydrogens is 383 g/mol. The zero-order chi connectivity index (χ0) is 20.8. The van der Waals surface area contributed by atoms with Crippen LogP contribution in [0.25, 0.3) is 0 Å². The number of hydrogen-bond donors (Lipinski definition) is 0. The van der Waals surface area contributed by atoms with Crippen molar-refractivity contribution >= 4 is 17.4 Å². The summed E-state index contributed by atoms with van der Waals surface area (Å²) in [4.78, 5) is 26.5. The lowest BCUT2D eigenvalue weighted by molar-refractivity contribution is -0.137. The third-order valence-corrected chi connectivity index (χ3v) is 5.35. The molecule has 29 heavy (non-hydrogen) atoms. The first kappa shape index (κ1) is 19.2. The van der Waals surface area contributed by atoms with Gasteiger partial charge in [0.2, 0.25) is 0 Å². The lowest BCUT2D eigenvalue weighted by Gasteiger charge is -2.37. The summed E-state index contributed by atoms with van der Waals surface area (Å²) in [5.41, 5.74) is 3.12. The van der Waals surface area contributed by atoms with Gasteiger partial charge in [-0.3, -0.25) is 4.79 Å². The van der Waals surface area contributed by atoms with Gasteiger partial charge in [0.25, 0.3) is 0 Å². The Kier molecular flexibility index (Phi) is 4.68. The van der Waals surface area contributed by atoms with E-state index in [4.69, 9.17) is 4.74 Å². The predicted molar refractivity (Wildman–Crippen MR) is 101 cm³/mol. The van der Waals surface area contributed by atoms with Crippen molar-refractivity contribution in [1.29, 1.82) is 0 Å². The fourth-order valence-electron chi connectivity index (χ4n) is 3.82. The van der Waals surface area contributed by atoms with E-state index in [0.717, 1.165) is 34.7 Å². The number of benzene rings is 2. The molecule has 0 saturated carbocycles. The number of carbonyl (C=O) groups is 2. The van der Waals surface area contributed by atoms with Gasteiger partial charge in [0.05, 0.1) is 11.1 Å². The van der Waals surface area contributed by atoms with E-state index in [1.807, 2.05) is 6.92 Å². The first-order valence-electron chi connectivity index (χ1n) is 9.27. The van der Waals surface area contributed by atoms with Crippen LogP contribution in [0, 0.1) is 0 Å². The van der Waals surface area contributed by atoms with E-state index in [-0.39, 0.29) is 17.1 Å². The molecule has 2 aliphatic rings. The van der Waals surface area contributed by atoms with Crippen molar-refractivity contribution in [3.63, 3.8) is 0 Å². The molecular formula is C22H18F3NO3. The molecule has 4 rings (SSSR count). The number of ether oxygens (including phenoxy) is 1. The summed E-state index contributed by atoms with van der Waals surface area (Å²) >= 11 is 0. The fraction of sp³-hybridized carbons (Fsp3) is 0.273. The Bertz CT molecular complexity index is 1040. The van der Waals surface area contributed by atoms with Crippen LogP contribution in [0.3, 0.4) is 0 Å². The molecule has 2 heterocycles. The molecule has 0 atom stereocenters. The highest BCUT2D eigenvalue weighted by atomic mass is 19.4. The van der Waals surface area contributed by atoms with Crippen molar-refractivity contribution in [2.75, 3.05) is 11.4 Å². The molecule has 2 aromatic rings. The van der Waals surface area contributed by atoms with Gasteiger partial charge in [0.15, 0.2) is 5.78 Å². The quantitative estimate of drug-likeness (QED) is 0.529. The van der Waals surface area contributed by atoms with E-state index in [0.29, 0.717) is 25.8 Å². The second kappa shape index (κ2) is 7.06. The summed E-state index contributed by atoms with van der Waals surface area (Å²) in [6.07, 6.45) is -2.67. The molecule has 150 valence electrons. The zero-order valence-electron chi connectivity index (χ0n) is 15.7. The highest BCUT2D eigenvalue weighted by Gasteiger charge is 2.31. The Morgan fingerprint density at radius 1 is 1.07 bits per heavy atom. The van der Waals surface area contributed by atoms with Crippen molar-refractivity contribution < 1.29 is 27.5 Å². The number of Topliss-reactive ketones (excluding diaryl/α,β-unsaturated/α-hetero) is 1. The topological polar surface area (TPSA) is 46.6 Å². The van der Waals surface area contributed by atoms with Crippen LogP contribution < -0.4 is 9.64 Å². The second-order valence-electron chi connectivity index (χ2n) is 7.16. The second-order valence-corrected chi connectivity index (χ2v) is 7.16. The van der Waals surface area contributed by atoms with Crippen molar-refractivity contribution in [3.8, 4) is 5.75 Å². The standard InChI is InChI=1S/C22H18F3NO3/c1-13-18-7-5-14-11-15(6-8-19(14)26(18)10-9-20(13)27)21(28)29-17-4-2-3-16(12-17)22(23,24)25/h2-4,6,8,11-12H,5,7,9-10H2,1H3. The van der Waals surface area contributed by atoms with Crippen LogP contribution >= 0.6 is 0 Å². The predicted octanol–water partition coefficient (Wildman–Crippen LogP) is 4.92. The number of aryl methyl sites for hydroxylation is 1. The van der Waals surface area contributed by atoms with Crippen LogP contribution in [0.15, 0.2) is 53.7 Å². The van der Waals surface area contributed by atoms with Gasteiger partial charge in [-0.2, -0.15) is 13.2 Å². The highest BCUT2D eigenvalue weighted by molar-refractivity contribution is 5.98. The Morgan fingerprint density at radius 2 is 1.86 bits per heavy atom. The smallest absolute Gasteiger partial charge is 0.416 e. The number of nitrogens with zero attached hydrogens (tertiary/aromatic N) is 1. The fourth-order valence-corrected chi connectivity index (χ4v) is 3.82. The van der Waals surface area contributed by atoms with E-state index >= 15 is 0 Å². The number of fused-ring (bicyclic) bond motifs is 3. The Balaban J connectivity index is 1.57. The van der Waals surface area contributed by atoms with E-state index in [1.54, 1.807) is 18.2 Å². The molecule has 0 bridgehead atoms. The molecule has 2 aromatic carbocycles. The average molecular weight is 401 g/mol. The average Bonchev–Trinajstić information content (AvgIpc) is 2.69. The van der Waals surface area contributed by atoms with Gasteiger partial charge in [-0.1, -0.05) is 6.07 Å². The van der Waals surface area contributed by atoms with E-state index in [1.165, 1.54) is 12.1 Å². The van der Waals surface area contributed by atoms with Gasteiger partial charge in [-0.05, 0) is 61.7 Å². The van der Waals surface area contributed by atoms with Crippen molar-refractivity contribution in [3.05, 3.63) is 70.4 Å². The summed E-state index contributed by atoms with van der Waals surface area (Å²) < 4.78 is 43.7. The van der Waals surface area contributed by atoms with Crippen LogP contribution in [0.5, 0.6) is 5.75 Å². The van der Waals surface area contributed by atoms with Crippen LogP contribution in [-0.2, 0) is 17.4 Å². The van der Waals surface area contributed by atoms with Gasteiger partial charge in [-0.25, -0.2) is 4.79 Å². The van der Waals surface area contributed by atoms with Crippen LogP contribution in [0.4, 0.5) is 18.9 Å². The first-order valence-corrected chi connectivity index (χ1v) is 9.27. The number of esters is 1. The number of allylic oxidation sites excluding steroid dienone is 2. The van der Waals surface area contributed by atoms with Gasteiger partial charge < -0.3 is 9.64 Å². The normalized spacial score (nSPS) is 16.4. The maximum absolute atomic E-state index is 12.8. The van der Waals surface area contributed by atoms with E-state index in [2.05, 4.69) is 4.90 Å². The number of hydrogen-bond acceptors (Lipinski definition) is 4. The zero-order valence-corrected chi connectivity index (χ0v) is 15.7. The Morgan fingerprint density at radius 3 is 2.62 bits per heavy atom. The molecule has 0 aliphatic carbocycles. The minimum atomic E-state index is -4.51. The number of ketones is 1. The van der Waals surface area contributed by atoms with Gasteiger partial charge >= 0.3 is 12.1 Å². The molecule has 0 unspecified atom stereocenters. The molecule has 0 fully saturated rings. The lowest BCUT2D eigenvalue weighted by atomic mass is 9.91. The molecule has 7 heteroatoms. The minimum Gasteiger partial charge on any atom is -0.423 e. The number of carbonyl (C=O) groups excluding carboxylic acids is 2. The van der Waals surface area contributed by atoms with Crippen LogP contribution in [0.2, 0.25) is 0 Å². The number of halogens is 3. The maximum atomic E-state index is 12.8. The lowest BCUT2D eigenvalue weighted by Crippen LogP contribution is -2.35. The molecule has 0 aromatic heterocycles. The van der Waals surface area contributed by atoms with Gasteiger partial charge in [0.1, 0.15) is 5.75 Å². The first-order chi connectivity index (χ1) is 13.7. The number of rotatable bonds is 2. The van der Waals surface area contributed by atoms with E-state index in [9.17, 15) is 22.8 Å². The monoisotopic (exact) mass is 401 g/mol. The summed E-state index contributed by atoms with van der Waals surface area (Å²) in [6.45, 7) is 2.45. The summed E-state index contributed by atoms with van der Waals surface area (Å²) in [7, 11) is 0. The third kappa shape index (κ3) is 3.64. The maximum Gasteiger partial charge on any atom is 0.416 e. The molecule has 0 N–H and O–H groups in total. The van der Waals surface area contributed by atoms with Crippen molar-refractivity contribution in [2.24, 2.45) is 0 Å². The Labute approximate surface area is 165 Å². The summed E-state index contributed by atoms with van der Waals surface area (Å²) in [5.74, 6) is -0.697. The molecule has 0 spiro atoms. The van der Waals surface area contributed by atoms with Gasteiger partial charge in [0, 0.05) is 29.9 Å². The van der Waals surface area contributed by atoms with Crippen molar-refractivity contribution in [1.82, 2.24) is 0 Å². The molecule has 4 nitrogen and oxygen atoms in total. The third-order valence-electron chi connectivity index (χ3n) is 5.35. The summed E-state index contributed by atoms with van der Waals surface area (Å²) in [6, 6.07) is 9.37. The molecule has 0 saturated heterocycles. The highest BCUT2D eigenvalue weighted by Crippen LogP contribution is 2.37. The summed E-state index contributed by atoms with van der Waals surface area (Å²) in [5, 5.41) is 0. The number of alkyl halides is 3. The molecule has 0 radical (unpaired) electrons. The molecule has 0 amide bonds. The largest absolute Gasteiger partial charge is 0.423 e. The minimum absolute atomic E-state index is 0.155. The SMILES string of the molecule is CC1=C2CCc3cc(C(=O)Oc4cccc(C(F)(F)F)c4)ccc3N2CCC1=O. The van der Waals surface area contributed by atoms with Crippen LogP contribution in [-0.4, -0.2) is 18.3 Å². The Hall–Kier alpha value is -3.09. The number of anilines is 1. The van der Waals surface area contributed by atoms with E-state index < -0.39 is 17.7 Å². The van der Waals surface area contributed by atoms with Crippen molar-refractivity contribution in [2.45, 2.75) is 32.4 Å².